The zero-order valence-electron chi connectivity index (χ0n) is 12.9. The number of ether oxygens (including phenoxy) is 2. The Labute approximate surface area is 144 Å². The van der Waals surface area contributed by atoms with Gasteiger partial charge in [-0.1, -0.05) is 0 Å². The lowest BCUT2D eigenvalue weighted by Crippen LogP contribution is -2.53. The van der Waals surface area contributed by atoms with Crippen molar-refractivity contribution in [1.29, 1.82) is 0 Å². The summed E-state index contributed by atoms with van der Waals surface area (Å²) in [6.45, 7) is 7.53. The van der Waals surface area contributed by atoms with Crippen LogP contribution in [0.2, 0.25) is 0 Å². The van der Waals surface area contributed by atoms with E-state index in [0.29, 0.717) is 0 Å². The smallest absolute Gasteiger partial charge is 0.194 e. The molecule has 2 aliphatic heterocycles. The first-order valence-electron chi connectivity index (χ1n) is 8.13. The minimum Gasteiger partial charge on any atom is -0.375 e. The van der Waals surface area contributed by atoms with Crippen LogP contribution in [-0.4, -0.2) is 62.5 Å². The lowest BCUT2D eigenvalue weighted by molar-refractivity contribution is -0.0817. The first-order valence-corrected chi connectivity index (χ1v) is 8.13. The molecular weight excluding hydrogens is 381 g/mol. The topological polar surface area (TPSA) is 46.1 Å². The Morgan fingerprint density at radius 3 is 2.67 bits per heavy atom. The third kappa shape index (κ3) is 4.96. The number of halogens is 1. The Morgan fingerprint density at radius 2 is 2.00 bits per heavy atom. The van der Waals surface area contributed by atoms with Crippen molar-refractivity contribution >= 4 is 29.9 Å². The van der Waals surface area contributed by atoms with E-state index < -0.39 is 0 Å². The van der Waals surface area contributed by atoms with Crippen molar-refractivity contribution in [3.8, 4) is 0 Å². The van der Waals surface area contributed by atoms with Crippen LogP contribution in [-0.2, 0) is 9.47 Å². The number of hydrogen-bond donors (Lipinski definition) is 1. The van der Waals surface area contributed by atoms with Crippen LogP contribution in [0.15, 0.2) is 4.99 Å². The molecule has 3 aliphatic rings. The van der Waals surface area contributed by atoms with Crippen molar-refractivity contribution in [2.75, 3.05) is 39.4 Å². The molecule has 21 heavy (non-hydrogen) atoms. The number of guanidine groups is 1. The van der Waals surface area contributed by atoms with E-state index >= 15 is 0 Å². The largest absolute Gasteiger partial charge is 0.375 e. The molecule has 0 aromatic heterocycles. The van der Waals surface area contributed by atoms with Gasteiger partial charge in [0.25, 0.3) is 0 Å². The Hall–Kier alpha value is -0.0800. The van der Waals surface area contributed by atoms with Crippen molar-refractivity contribution in [3.63, 3.8) is 0 Å². The van der Waals surface area contributed by atoms with Gasteiger partial charge >= 0.3 is 0 Å². The summed E-state index contributed by atoms with van der Waals surface area (Å²) in [6.07, 6.45) is 5.49. The maximum absolute atomic E-state index is 5.91. The number of morpholine rings is 1. The van der Waals surface area contributed by atoms with E-state index in [0.717, 1.165) is 57.7 Å². The molecule has 0 spiro atoms. The number of rotatable bonds is 4. The predicted molar refractivity (Wildman–Crippen MR) is 94.4 cm³/mol. The summed E-state index contributed by atoms with van der Waals surface area (Å²) in [5.74, 6) is 1.89. The van der Waals surface area contributed by atoms with Crippen molar-refractivity contribution in [2.45, 2.75) is 44.8 Å². The average molecular weight is 409 g/mol. The van der Waals surface area contributed by atoms with Crippen LogP contribution in [0.1, 0.15) is 32.6 Å². The molecule has 2 saturated heterocycles. The van der Waals surface area contributed by atoms with Gasteiger partial charge in [0.1, 0.15) is 6.10 Å². The molecule has 1 saturated carbocycles. The van der Waals surface area contributed by atoms with Crippen LogP contribution in [0.25, 0.3) is 0 Å². The van der Waals surface area contributed by atoms with Gasteiger partial charge in [-0.3, -0.25) is 4.99 Å². The lowest BCUT2D eigenvalue weighted by atomic mass is 10.1. The third-order valence-electron chi connectivity index (χ3n) is 4.30. The van der Waals surface area contributed by atoms with Crippen molar-refractivity contribution in [3.05, 3.63) is 0 Å². The van der Waals surface area contributed by atoms with E-state index in [1.165, 1.54) is 19.3 Å². The van der Waals surface area contributed by atoms with Crippen LogP contribution >= 0.6 is 24.0 Å². The van der Waals surface area contributed by atoms with Gasteiger partial charge in [-0.25, -0.2) is 0 Å². The van der Waals surface area contributed by atoms with E-state index in [9.17, 15) is 0 Å². The van der Waals surface area contributed by atoms with Crippen LogP contribution in [0.4, 0.5) is 0 Å². The molecule has 2 atom stereocenters. The molecule has 1 N–H and O–H groups in total. The number of nitrogens with one attached hydrogen (secondary N) is 1. The zero-order valence-corrected chi connectivity index (χ0v) is 15.3. The van der Waals surface area contributed by atoms with E-state index in [1.807, 2.05) is 0 Å². The molecule has 3 fully saturated rings. The molecule has 2 unspecified atom stereocenters. The van der Waals surface area contributed by atoms with Crippen LogP contribution < -0.4 is 5.32 Å². The molecule has 1 aliphatic carbocycles. The molecule has 6 heteroatoms. The Balaban J connectivity index is 0.00000161. The highest BCUT2D eigenvalue weighted by molar-refractivity contribution is 14.0. The van der Waals surface area contributed by atoms with Crippen molar-refractivity contribution in [1.82, 2.24) is 10.2 Å². The molecule has 3 rings (SSSR count). The molecule has 0 aromatic rings. The number of nitrogens with zero attached hydrogens (tertiary/aromatic N) is 2. The van der Waals surface area contributed by atoms with Crippen LogP contribution in [0.3, 0.4) is 0 Å². The zero-order chi connectivity index (χ0) is 13.8. The summed E-state index contributed by atoms with van der Waals surface area (Å²) in [5.41, 5.74) is 0. The quantitative estimate of drug-likeness (QED) is 0.438. The highest BCUT2D eigenvalue weighted by Gasteiger charge is 2.32. The minimum absolute atomic E-state index is 0. The third-order valence-corrected chi connectivity index (χ3v) is 4.30. The van der Waals surface area contributed by atoms with E-state index in [-0.39, 0.29) is 36.2 Å². The van der Waals surface area contributed by atoms with E-state index in [4.69, 9.17) is 14.5 Å². The molecule has 0 radical (unpaired) electrons. The SMILES string of the molecule is CCNC(=NCC1CC1)N1CCOC(C2CCCO2)C1.I. The highest BCUT2D eigenvalue weighted by atomic mass is 127. The second-order valence-electron chi connectivity index (χ2n) is 6.04. The molecular formula is C15H28IN3O2. The summed E-state index contributed by atoms with van der Waals surface area (Å²) < 4.78 is 11.7. The molecule has 0 bridgehead atoms. The fraction of sp³-hybridized carbons (Fsp3) is 0.933. The Bertz CT molecular complexity index is 344. The average Bonchev–Trinajstić information content (AvgIpc) is 3.14. The van der Waals surface area contributed by atoms with Gasteiger partial charge < -0.3 is 19.7 Å². The summed E-state index contributed by atoms with van der Waals surface area (Å²) in [6, 6.07) is 0. The van der Waals surface area contributed by atoms with Gasteiger partial charge in [-0.05, 0) is 38.5 Å². The monoisotopic (exact) mass is 409 g/mol. The fourth-order valence-electron chi connectivity index (χ4n) is 2.93. The van der Waals surface area contributed by atoms with Gasteiger partial charge in [0.2, 0.25) is 0 Å². The Kier molecular flexibility index (Phi) is 7.01. The Morgan fingerprint density at radius 1 is 1.19 bits per heavy atom. The summed E-state index contributed by atoms with van der Waals surface area (Å²) in [7, 11) is 0. The molecule has 0 aromatic carbocycles. The maximum Gasteiger partial charge on any atom is 0.194 e. The molecule has 122 valence electrons. The molecule has 0 amide bonds. The standard InChI is InChI=1S/C15H27N3O2.HI/c1-2-16-15(17-10-12-5-6-12)18-7-9-20-14(11-18)13-4-3-8-19-13;/h12-14H,2-11H2,1H3,(H,16,17);1H. The van der Waals surface area contributed by atoms with Crippen LogP contribution in [0.5, 0.6) is 0 Å². The second kappa shape index (κ2) is 8.53. The van der Waals surface area contributed by atoms with Gasteiger partial charge in [0.05, 0.1) is 12.7 Å². The van der Waals surface area contributed by atoms with Crippen molar-refractivity contribution in [2.24, 2.45) is 10.9 Å². The first-order chi connectivity index (χ1) is 9.86. The number of aliphatic imine (C=N–C) groups is 1. The van der Waals surface area contributed by atoms with Gasteiger partial charge in [0, 0.05) is 32.8 Å². The normalized spacial score (nSPS) is 30.1. The van der Waals surface area contributed by atoms with Gasteiger partial charge in [-0.2, -0.15) is 0 Å². The minimum atomic E-state index is 0. The second-order valence-corrected chi connectivity index (χ2v) is 6.04. The summed E-state index contributed by atoms with van der Waals surface area (Å²) >= 11 is 0. The van der Waals surface area contributed by atoms with E-state index in [2.05, 4.69) is 17.1 Å². The number of hydrogen-bond acceptors (Lipinski definition) is 3. The van der Waals surface area contributed by atoms with E-state index in [1.54, 1.807) is 0 Å². The first kappa shape index (κ1) is 17.3. The van der Waals surface area contributed by atoms with Gasteiger partial charge in [0.15, 0.2) is 5.96 Å². The predicted octanol–water partition coefficient (Wildman–Crippen LogP) is 1.86. The van der Waals surface area contributed by atoms with Crippen molar-refractivity contribution < 1.29 is 9.47 Å². The lowest BCUT2D eigenvalue weighted by Gasteiger charge is -2.37. The summed E-state index contributed by atoms with van der Waals surface area (Å²) in [5, 5.41) is 3.43. The highest BCUT2D eigenvalue weighted by Crippen LogP contribution is 2.29. The summed E-state index contributed by atoms with van der Waals surface area (Å²) in [4.78, 5) is 7.14. The van der Waals surface area contributed by atoms with Crippen LogP contribution in [0, 0.1) is 5.92 Å². The molecule has 5 nitrogen and oxygen atoms in total. The van der Waals surface area contributed by atoms with Gasteiger partial charge in [-0.15, -0.1) is 24.0 Å². The molecule has 2 heterocycles. The fourth-order valence-corrected chi connectivity index (χ4v) is 2.93. The maximum atomic E-state index is 5.91.